The zero-order valence-corrected chi connectivity index (χ0v) is 18.9. The molecule has 0 spiro atoms. The van der Waals surface area contributed by atoms with E-state index in [0.29, 0.717) is 25.1 Å². The Balaban J connectivity index is 1.39. The van der Waals surface area contributed by atoms with Gasteiger partial charge in [0.25, 0.3) is 5.91 Å². The zero-order chi connectivity index (χ0) is 24.6. The minimum atomic E-state index is -4.50. The second-order valence-corrected chi connectivity index (χ2v) is 8.70. The van der Waals surface area contributed by atoms with E-state index in [0.717, 1.165) is 17.2 Å². The number of thiocarbonyl (C=S) groups is 1. The highest BCUT2D eigenvalue weighted by molar-refractivity contribution is 7.80. The van der Waals surface area contributed by atoms with Gasteiger partial charge in [-0.1, -0.05) is 12.1 Å². The molecule has 4 rings (SSSR count). The van der Waals surface area contributed by atoms with Crippen molar-refractivity contribution in [2.24, 2.45) is 0 Å². The van der Waals surface area contributed by atoms with Gasteiger partial charge in [0, 0.05) is 30.8 Å². The Labute approximate surface area is 198 Å². The number of hydrogen-bond donors (Lipinski definition) is 3. The predicted molar refractivity (Wildman–Crippen MR) is 122 cm³/mol. The summed E-state index contributed by atoms with van der Waals surface area (Å²) in [6.07, 6.45) is -3.77. The van der Waals surface area contributed by atoms with Crippen LogP contribution in [0.2, 0.25) is 0 Å². The molecule has 2 aliphatic rings. The second kappa shape index (κ2) is 9.15. The molecule has 1 unspecified atom stereocenters. The summed E-state index contributed by atoms with van der Waals surface area (Å²) in [5.41, 5.74) is 1.58. The van der Waals surface area contributed by atoms with Gasteiger partial charge in [0.05, 0.1) is 11.6 Å². The number of nitrogens with zero attached hydrogens (tertiary/aromatic N) is 1. The lowest BCUT2D eigenvalue weighted by molar-refractivity contribution is -0.139. The lowest BCUT2D eigenvalue weighted by Crippen LogP contribution is -2.50. The fourth-order valence-corrected chi connectivity index (χ4v) is 4.37. The number of hydrogen-bond acceptors (Lipinski definition) is 5. The van der Waals surface area contributed by atoms with Crippen molar-refractivity contribution in [1.29, 1.82) is 0 Å². The maximum Gasteiger partial charge on any atom is 0.416 e. The van der Waals surface area contributed by atoms with E-state index >= 15 is 0 Å². The highest BCUT2D eigenvalue weighted by Gasteiger charge is 2.35. The van der Waals surface area contributed by atoms with E-state index in [4.69, 9.17) is 12.2 Å². The Kier molecular flexibility index (Phi) is 6.41. The normalized spacial score (nSPS) is 18.3. The third-order valence-electron chi connectivity index (χ3n) is 5.89. The highest BCUT2D eigenvalue weighted by Crippen LogP contribution is 2.33. The van der Waals surface area contributed by atoms with Crippen LogP contribution in [-0.4, -0.2) is 33.8 Å². The minimum Gasteiger partial charge on any atom is -0.332 e. The average Bonchev–Trinajstić information content (AvgIpc) is 3.17. The number of rotatable bonds is 3. The van der Waals surface area contributed by atoms with Crippen molar-refractivity contribution >= 4 is 40.7 Å². The van der Waals surface area contributed by atoms with Gasteiger partial charge in [-0.3, -0.25) is 29.9 Å². The summed E-state index contributed by atoms with van der Waals surface area (Å²) in [6, 6.07) is 8.42. The van der Waals surface area contributed by atoms with Crippen molar-refractivity contribution in [3.05, 3.63) is 64.2 Å². The Morgan fingerprint density at radius 3 is 2.56 bits per heavy atom. The number of piperidine rings is 1. The minimum absolute atomic E-state index is 0.0810. The number of carbonyl (C=O) groups excluding carboxylic acids is 3. The number of benzene rings is 2. The largest absolute Gasteiger partial charge is 0.416 e. The van der Waals surface area contributed by atoms with Crippen LogP contribution in [0.5, 0.6) is 0 Å². The lowest BCUT2D eigenvalue weighted by Gasteiger charge is -2.29. The molecule has 3 amide bonds. The molecule has 2 heterocycles. The standard InChI is InChI=1S/C23H21F3N4O3S/c1-12-2-5-16(9-17(12)23(24,25)26)27-22(34)29-20(32)13-3-4-14-10-30(11-15(14)8-13)18-6-7-19(31)28-21(18)33/h2-5,8-9,18H,6-7,10-11H2,1H3,(H,28,31,33)(H2,27,29,32,34). The fraction of sp³-hybridized carbons (Fsp3) is 0.304. The molecule has 2 aromatic carbocycles. The first kappa shape index (κ1) is 23.8. The van der Waals surface area contributed by atoms with Crippen LogP contribution in [0.1, 0.15) is 45.5 Å². The van der Waals surface area contributed by atoms with Crippen LogP contribution in [0.15, 0.2) is 36.4 Å². The van der Waals surface area contributed by atoms with Gasteiger partial charge in [0.15, 0.2) is 5.11 Å². The zero-order valence-electron chi connectivity index (χ0n) is 18.1. The Morgan fingerprint density at radius 2 is 1.85 bits per heavy atom. The van der Waals surface area contributed by atoms with E-state index in [1.165, 1.54) is 19.1 Å². The Morgan fingerprint density at radius 1 is 1.12 bits per heavy atom. The summed E-state index contributed by atoms with van der Waals surface area (Å²) in [6.45, 7) is 2.34. The van der Waals surface area contributed by atoms with Crippen LogP contribution in [0, 0.1) is 6.92 Å². The SMILES string of the molecule is Cc1ccc(NC(=S)NC(=O)c2ccc3c(c2)CN(C2CCC(=O)NC2=O)C3)cc1C(F)(F)F. The van der Waals surface area contributed by atoms with Crippen LogP contribution in [0.25, 0.3) is 0 Å². The van der Waals surface area contributed by atoms with Crippen molar-refractivity contribution in [2.45, 2.75) is 45.1 Å². The van der Waals surface area contributed by atoms with Gasteiger partial charge in [0.2, 0.25) is 11.8 Å². The van der Waals surface area contributed by atoms with E-state index in [1.807, 2.05) is 4.90 Å². The number of anilines is 1. The molecule has 2 aliphatic heterocycles. The molecule has 3 N–H and O–H groups in total. The summed E-state index contributed by atoms with van der Waals surface area (Å²) < 4.78 is 39.4. The molecule has 11 heteroatoms. The average molecular weight is 491 g/mol. The smallest absolute Gasteiger partial charge is 0.332 e. The van der Waals surface area contributed by atoms with Crippen molar-refractivity contribution < 1.29 is 27.6 Å². The number of nitrogens with one attached hydrogen (secondary N) is 3. The third kappa shape index (κ3) is 5.10. The number of halogens is 3. The molecule has 0 radical (unpaired) electrons. The van der Waals surface area contributed by atoms with Crippen molar-refractivity contribution in [3.63, 3.8) is 0 Å². The first-order valence-electron chi connectivity index (χ1n) is 10.5. The molecule has 0 aliphatic carbocycles. The van der Waals surface area contributed by atoms with Crippen LogP contribution < -0.4 is 16.0 Å². The van der Waals surface area contributed by atoms with Gasteiger partial charge in [-0.05, 0) is 66.5 Å². The first-order chi connectivity index (χ1) is 16.0. The number of imide groups is 1. The maximum absolute atomic E-state index is 13.1. The molecule has 0 bridgehead atoms. The van der Waals surface area contributed by atoms with E-state index in [1.54, 1.807) is 18.2 Å². The fourth-order valence-electron chi connectivity index (χ4n) is 4.16. The van der Waals surface area contributed by atoms with Gasteiger partial charge in [-0.15, -0.1) is 0 Å². The molecule has 0 saturated carbocycles. The van der Waals surface area contributed by atoms with Gasteiger partial charge in [-0.2, -0.15) is 13.2 Å². The van der Waals surface area contributed by atoms with Gasteiger partial charge >= 0.3 is 6.18 Å². The molecule has 0 aromatic heterocycles. The van der Waals surface area contributed by atoms with Crippen molar-refractivity contribution in [1.82, 2.24) is 15.5 Å². The summed E-state index contributed by atoms with van der Waals surface area (Å²) in [7, 11) is 0. The summed E-state index contributed by atoms with van der Waals surface area (Å²) in [5.74, 6) is -1.10. The van der Waals surface area contributed by atoms with Crippen LogP contribution >= 0.6 is 12.2 Å². The number of carbonyl (C=O) groups is 3. The number of amides is 3. The summed E-state index contributed by atoms with van der Waals surface area (Å²) in [5, 5.41) is 7.31. The molecule has 1 saturated heterocycles. The van der Waals surface area contributed by atoms with Gasteiger partial charge in [-0.25, -0.2) is 0 Å². The van der Waals surface area contributed by atoms with E-state index < -0.39 is 23.7 Å². The number of fused-ring (bicyclic) bond motifs is 1. The summed E-state index contributed by atoms with van der Waals surface area (Å²) in [4.78, 5) is 38.2. The Bertz CT molecular complexity index is 1200. The predicted octanol–water partition coefficient (Wildman–Crippen LogP) is 3.26. The quantitative estimate of drug-likeness (QED) is 0.452. The van der Waals surface area contributed by atoms with E-state index in [2.05, 4.69) is 16.0 Å². The lowest BCUT2D eigenvalue weighted by atomic mass is 10.0. The maximum atomic E-state index is 13.1. The molecule has 7 nitrogen and oxygen atoms in total. The topological polar surface area (TPSA) is 90.5 Å². The summed E-state index contributed by atoms with van der Waals surface area (Å²) >= 11 is 5.10. The molecule has 2 aromatic rings. The van der Waals surface area contributed by atoms with Gasteiger partial charge < -0.3 is 5.32 Å². The van der Waals surface area contributed by atoms with Crippen molar-refractivity contribution in [2.75, 3.05) is 5.32 Å². The Hall–Kier alpha value is -3.31. The van der Waals surface area contributed by atoms with Crippen LogP contribution in [0.4, 0.5) is 18.9 Å². The number of aryl methyl sites for hydroxylation is 1. The molecule has 34 heavy (non-hydrogen) atoms. The van der Waals surface area contributed by atoms with E-state index in [9.17, 15) is 27.6 Å². The monoisotopic (exact) mass is 490 g/mol. The van der Waals surface area contributed by atoms with Crippen LogP contribution in [-0.2, 0) is 28.9 Å². The van der Waals surface area contributed by atoms with Crippen LogP contribution in [0.3, 0.4) is 0 Å². The highest BCUT2D eigenvalue weighted by atomic mass is 32.1. The first-order valence-corrected chi connectivity index (χ1v) is 10.9. The third-order valence-corrected chi connectivity index (χ3v) is 6.10. The molecule has 178 valence electrons. The molecule has 1 fully saturated rings. The van der Waals surface area contributed by atoms with Crippen molar-refractivity contribution in [3.8, 4) is 0 Å². The molecule has 1 atom stereocenters. The van der Waals surface area contributed by atoms with Gasteiger partial charge in [0.1, 0.15) is 0 Å². The second-order valence-electron chi connectivity index (χ2n) is 8.29. The molecular formula is C23H21F3N4O3S. The number of alkyl halides is 3. The molecular weight excluding hydrogens is 469 g/mol. The van der Waals surface area contributed by atoms with E-state index in [-0.39, 0.29) is 34.6 Å².